The number of carbonyl (C=O) groups excluding carboxylic acids is 1. The largest absolute Gasteiger partial charge is 0.347 e. The second-order valence-electron chi connectivity index (χ2n) is 4.00. The van der Waals surface area contributed by atoms with E-state index < -0.39 is 0 Å². The van der Waals surface area contributed by atoms with Gasteiger partial charge in [0.1, 0.15) is 0 Å². The molecule has 3 heteroatoms. The Morgan fingerprint density at radius 1 is 1.35 bits per heavy atom. The van der Waals surface area contributed by atoms with E-state index in [1.165, 1.54) is 18.4 Å². The number of halogens is 1. The summed E-state index contributed by atoms with van der Waals surface area (Å²) in [6.45, 7) is 6.30. The van der Waals surface area contributed by atoms with Crippen molar-refractivity contribution in [1.82, 2.24) is 5.32 Å². The molecule has 1 aromatic carbocycles. The third-order valence-corrected chi connectivity index (χ3v) is 2.76. The zero-order chi connectivity index (χ0) is 12.7. The predicted octanol–water partition coefficient (Wildman–Crippen LogP) is 3.67. The van der Waals surface area contributed by atoms with Gasteiger partial charge in [-0.3, -0.25) is 4.79 Å². The minimum Gasteiger partial charge on any atom is -0.347 e. The zero-order valence-corrected chi connectivity index (χ0v) is 11.7. The van der Waals surface area contributed by atoms with Gasteiger partial charge in [-0.25, -0.2) is 0 Å². The maximum absolute atomic E-state index is 11.7. The Morgan fingerprint density at radius 2 is 2.00 bits per heavy atom. The molecule has 0 aromatic heterocycles. The standard InChI is InChI=1S/C14H18BrNO/c1-3-4-5-12-6-8-13(9-7-12)14(17)16-10-11(2)15/h6-9H,2-5,10H2,1H3,(H,16,17). The van der Waals surface area contributed by atoms with Gasteiger partial charge in [0.15, 0.2) is 0 Å². The highest BCUT2D eigenvalue weighted by Crippen LogP contribution is 2.08. The molecule has 0 saturated carbocycles. The SMILES string of the molecule is C=C(Br)CNC(=O)c1ccc(CCCC)cc1. The van der Waals surface area contributed by atoms with Gasteiger partial charge in [0, 0.05) is 16.6 Å². The van der Waals surface area contributed by atoms with Crippen molar-refractivity contribution in [3.8, 4) is 0 Å². The van der Waals surface area contributed by atoms with Gasteiger partial charge in [-0.1, -0.05) is 48.0 Å². The normalized spacial score (nSPS) is 10.0. The van der Waals surface area contributed by atoms with Gasteiger partial charge in [-0.05, 0) is 30.5 Å². The second-order valence-corrected chi connectivity index (χ2v) is 5.12. The van der Waals surface area contributed by atoms with E-state index in [9.17, 15) is 4.79 Å². The van der Waals surface area contributed by atoms with Gasteiger partial charge in [0.2, 0.25) is 0 Å². The van der Waals surface area contributed by atoms with Gasteiger partial charge in [-0.2, -0.15) is 0 Å². The van der Waals surface area contributed by atoms with Gasteiger partial charge in [0.25, 0.3) is 5.91 Å². The number of aryl methyl sites for hydroxylation is 1. The molecule has 1 amide bonds. The monoisotopic (exact) mass is 295 g/mol. The van der Waals surface area contributed by atoms with Gasteiger partial charge in [-0.15, -0.1) is 0 Å². The summed E-state index contributed by atoms with van der Waals surface area (Å²) in [6.07, 6.45) is 3.46. The molecule has 1 N–H and O–H groups in total. The lowest BCUT2D eigenvalue weighted by molar-refractivity contribution is 0.0958. The number of carbonyl (C=O) groups is 1. The van der Waals surface area contributed by atoms with Crippen LogP contribution in [-0.4, -0.2) is 12.5 Å². The molecule has 0 unspecified atom stereocenters. The molecule has 0 heterocycles. The second kappa shape index (κ2) is 7.28. The topological polar surface area (TPSA) is 29.1 Å². The van der Waals surface area contributed by atoms with E-state index in [4.69, 9.17) is 0 Å². The third kappa shape index (κ3) is 5.18. The predicted molar refractivity (Wildman–Crippen MR) is 75.5 cm³/mol. The smallest absolute Gasteiger partial charge is 0.251 e. The van der Waals surface area contributed by atoms with E-state index in [2.05, 4.69) is 34.7 Å². The lowest BCUT2D eigenvalue weighted by Crippen LogP contribution is -2.24. The minimum atomic E-state index is -0.0624. The molecule has 0 saturated heterocycles. The first-order valence-electron chi connectivity index (χ1n) is 5.84. The zero-order valence-electron chi connectivity index (χ0n) is 10.1. The van der Waals surface area contributed by atoms with Crippen molar-refractivity contribution in [2.75, 3.05) is 6.54 Å². The van der Waals surface area contributed by atoms with Crippen molar-refractivity contribution < 1.29 is 4.79 Å². The maximum Gasteiger partial charge on any atom is 0.251 e. The van der Waals surface area contributed by atoms with Crippen LogP contribution in [0.1, 0.15) is 35.7 Å². The number of amides is 1. The number of unbranched alkanes of at least 4 members (excludes halogenated alkanes) is 1. The Balaban J connectivity index is 2.54. The summed E-state index contributed by atoms with van der Waals surface area (Å²) in [4.78, 5) is 11.7. The maximum atomic E-state index is 11.7. The molecule has 0 aliphatic carbocycles. The van der Waals surface area contributed by atoms with Crippen molar-refractivity contribution in [3.05, 3.63) is 46.5 Å². The fraction of sp³-hybridized carbons (Fsp3) is 0.357. The van der Waals surface area contributed by atoms with E-state index in [0.29, 0.717) is 12.1 Å². The average Bonchev–Trinajstić information content (AvgIpc) is 2.34. The van der Waals surface area contributed by atoms with Crippen LogP contribution in [0.25, 0.3) is 0 Å². The van der Waals surface area contributed by atoms with E-state index in [1.807, 2.05) is 24.3 Å². The lowest BCUT2D eigenvalue weighted by atomic mass is 10.1. The lowest BCUT2D eigenvalue weighted by Gasteiger charge is -2.05. The third-order valence-electron chi connectivity index (χ3n) is 2.48. The Bertz CT molecular complexity index is 384. The summed E-state index contributed by atoms with van der Waals surface area (Å²) in [6, 6.07) is 7.79. The molecule has 17 heavy (non-hydrogen) atoms. The van der Waals surface area contributed by atoms with Crippen LogP contribution in [0.2, 0.25) is 0 Å². The molecule has 1 aromatic rings. The molecule has 92 valence electrons. The van der Waals surface area contributed by atoms with Crippen LogP contribution in [0.4, 0.5) is 0 Å². The highest BCUT2D eigenvalue weighted by atomic mass is 79.9. The van der Waals surface area contributed by atoms with Crippen molar-refractivity contribution in [1.29, 1.82) is 0 Å². The van der Waals surface area contributed by atoms with Crippen LogP contribution >= 0.6 is 15.9 Å². The van der Waals surface area contributed by atoms with Crippen molar-refractivity contribution in [3.63, 3.8) is 0 Å². The van der Waals surface area contributed by atoms with Crippen LogP contribution in [0.3, 0.4) is 0 Å². The molecule has 0 aliphatic heterocycles. The first-order valence-corrected chi connectivity index (χ1v) is 6.63. The van der Waals surface area contributed by atoms with E-state index >= 15 is 0 Å². The van der Waals surface area contributed by atoms with Gasteiger partial charge in [0.05, 0.1) is 0 Å². The van der Waals surface area contributed by atoms with E-state index in [-0.39, 0.29) is 5.91 Å². The van der Waals surface area contributed by atoms with Crippen LogP contribution in [-0.2, 0) is 6.42 Å². The van der Waals surface area contributed by atoms with Crippen LogP contribution in [0.15, 0.2) is 35.3 Å². The van der Waals surface area contributed by atoms with Crippen LogP contribution in [0.5, 0.6) is 0 Å². The highest BCUT2D eigenvalue weighted by Gasteiger charge is 2.04. The summed E-state index contributed by atoms with van der Waals surface area (Å²) in [5.74, 6) is -0.0624. The summed E-state index contributed by atoms with van der Waals surface area (Å²) < 4.78 is 0.769. The van der Waals surface area contributed by atoms with Crippen molar-refractivity contribution in [2.24, 2.45) is 0 Å². The fourth-order valence-corrected chi connectivity index (χ4v) is 1.62. The number of hydrogen-bond acceptors (Lipinski definition) is 1. The molecule has 0 radical (unpaired) electrons. The Labute approximate surface area is 111 Å². The van der Waals surface area contributed by atoms with Crippen LogP contribution in [0, 0.1) is 0 Å². The van der Waals surface area contributed by atoms with Crippen molar-refractivity contribution >= 4 is 21.8 Å². The molecule has 2 nitrogen and oxygen atoms in total. The Morgan fingerprint density at radius 3 is 2.53 bits per heavy atom. The molecule has 0 atom stereocenters. The molecule has 0 fully saturated rings. The van der Waals surface area contributed by atoms with Crippen LogP contribution < -0.4 is 5.32 Å². The summed E-state index contributed by atoms with van der Waals surface area (Å²) in [5.41, 5.74) is 1.98. The molecule has 0 aliphatic rings. The molecular weight excluding hydrogens is 278 g/mol. The highest BCUT2D eigenvalue weighted by molar-refractivity contribution is 9.11. The van der Waals surface area contributed by atoms with Gasteiger partial charge < -0.3 is 5.32 Å². The molecule has 1 rings (SSSR count). The molecule has 0 spiro atoms. The number of rotatable bonds is 6. The minimum absolute atomic E-state index is 0.0624. The number of nitrogens with one attached hydrogen (secondary N) is 1. The van der Waals surface area contributed by atoms with Crippen molar-refractivity contribution in [2.45, 2.75) is 26.2 Å². The Kier molecular flexibility index (Phi) is 5.98. The van der Waals surface area contributed by atoms with E-state index in [1.54, 1.807) is 0 Å². The Hall–Kier alpha value is -1.09. The van der Waals surface area contributed by atoms with Gasteiger partial charge >= 0.3 is 0 Å². The quantitative estimate of drug-likeness (QED) is 0.852. The fourth-order valence-electron chi connectivity index (χ4n) is 1.48. The molecule has 0 bridgehead atoms. The number of benzene rings is 1. The summed E-state index contributed by atoms with van der Waals surface area (Å²) in [5, 5.41) is 2.78. The summed E-state index contributed by atoms with van der Waals surface area (Å²) >= 11 is 3.21. The van der Waals surface area contributed by atoms with E-state index in [0.717, 1.165) is 10.9 Å². The number of hydrogen-bond donors (Lipinski definition) is 1. The first-order chi connectivity index (χ1) is 8.13. The molecular formula is C14H18BrNO. The summed E-state index contributed by atoms with van der Waals surface area (Å²) in [7, 11) is 0. The average molecular weight is 296 g/mol. The first kappa shape index (κ1) is 14.0.